The molecule has 1 unspecified atom stereocenters. The molecule has 3 heteroatoms. The van der Waals surface area contributed by atoms with E-state index < -0.39 is 5.60 Å². The van der Waals surface area contributed by atoms with E-state index in [0.29, 0.717) is 12.2 Å². The molecular formula is C16H23NO2. The lowest BCUT2D eigenvalue weighted by Crippen LogP contribution is -2.27. The van der Waals surface area contributed by atoms with Gasteiger partial charge in [0.2, 0.25) is 0 Å². The van der Waals surface area contributed by atoms with Crippen LogP contribution in [-0.4, -0.2) is 18.2 Å². The second-order valence-corrected chi connectivity index (χ2v) is 5.43. The van der Waals surface area contributed by atoms with Crippen molar-refractivity contribution in [3.8, 4) is 0 Å². The molecule has 0 aliphatic heterocycles. The van der Waals surface area contributed by atoms with Crippen LogP contribution >= 0.6 is 0 Å². The van der Waals surface area contributed by atoms with Crippen molar-refractivity contribution >= 4 is 11.0 Å². The molecule has 2 N–H and O–H groups in total. The van der Waals surface area contributed by atoms with Crippen LogP contribution in [0, 0.1) is 6.92 Å². The maximum absolute atomic E-state index is 10.5. The normalized spacial score (nSPS) is 14.7. The van der Waals surface area contributed by atoms with Gasteiger partial charge >= 0.3 is 0 Å². The first-order chi connectivity index (χ1) is 9.03. The van der Waals surface area contributed by atoms with E-state index >= 15 is 0 Å². The Morgan fingerprint density at radius 3 is 2.79 bits per heavy atom. The van der Waals surface area contributed by atoms with Crippen LogP contribution in [0.15, 0.2) is 28.7 Å². The number of fused-ring (bicyclic) bond motifs is 1. The molecule has 1 aromatic carbocycles. The number of benzene rings is 1. The van der Waals surface area contributed by atoms with Gasteiger partial charge in [-0.1, -0.05) is 18.6 Å². The Bertz CT molecular complexity index is 543. The molecule has 0 spiro atoms. The minimum Gasteiger partial charge on any atom is -0.458 e. The SMILES string of the molecule is CCCNCCC(C)(O)c1cc2cc(C)ccc2o1. The van der Waals surface area contributed by atoms with E-state index in [1.807, 2.05) is 25.1 Å². The molecule has 3 nitrogen and oxygen atoms in total. The van der Waals surface area contributed by atoms with Crippen molar-refractivity contribution in [2.24, 2.45) is 0 Å². The fourth-order valence-electron chi connectivity index (χ4n) is 2.18. The van der Waals surface area contributed by atoms with Crippen molar-refractivity contribution in [2.45, 2.75) is 39.2 Å². The lowest BCUT2D eigenvalue weighted by molar-refractivity contribution is 0.0272. The lowest BCUT2D eigenvalue weighted by atomic mass is 9.99. The van der Waals surface area contributed by atoms with Gasteiger partial charge in [0.25, 0.3) is 0 Å². The van der Waals surface area contributed by atoms with Crippen molar-refractivity contribution in [1.29, 1.82) is 0 Å². The molecule has 1 heterocycles. The van der Waals surface area contributed by atoms with Gasteiger partial charge < -0.3 is 14.8 Å². The van der Waals surface area contributed by atoms with Crippen LogP contribution in [0.2, 0.25) is 0 Å². The molecule has 19 heavy (non-hydrogen) atoms. The van der Waals surface area contributed by atoms with Crippen LogP contribution in [0.25, 0.3) is 11.0 Å². The molecule has 0 saturated carbocycles. The Balaban J connectivity index is 2.13. The molecule has 2 aromatic rings. The highest BCUT2D eigenvalue weighted by Gasteiger charge is 2.26. The predicted octanol–water partition coefficient (Wildman–Crippen LogP) is 3.34. The zero-order valence-electron chi connectivity index (χ0n) is 12.0. The number of hydrogen-bond donors (Lipinski definition) is 2. The topological polar surface area (TPSA) is 45.4 Å². The van der Waals surface area contributed by atoms with E-state index in [4.69, 9.17) is 4.42 Å². The standard InChI is InChI=1S/C16H23NO2/c1-4-8-17-9-7-16(3,18)15-11-13-10-12(2)5-6-14(13)19-15/h5-6,10-11,17-18H,4,7-9H2,1-3H3. The summed E-state index contributed by atoms with van der Waals surface area (Å²) >= 11 is 0. The molecule has 0 radical (unpaired) electrons. The molecule has 1 aromatic heterocycles. The first-order valence-corrected chi connectivity index (χ1v) is 6.97. The van der Waals surface area contributed by atoms with E-state index in [-0.39, 0.29) is 0 Å². The van der Waals surface area contributed by atoms with Gasteiger partial charge in [0.05, 0.1) is 0 Å². The van der Waals surface area contributed by atoms with E-state index in [1.165, 1.54) is 5.56 Å². The summed E-state index contributed by atoms with van der Waals surface area (Å²) < 4.78 is 5.77. The molecule has 0 amide bonds. The molecular weight excluding hydrogens is 238 g/mol. The second kappa shape index (κ2) is 5.76. The maximum atomic E-state index is 10.5. The Kier molecular flexibility index (Phi) is 4.27. The van der Waals surface area contributed by atoms with Crippen LogP contribution in [0.3, 0.4) is 0 Å². The summed E-state index contributed by atoms with van der Waals surface area (Å²) in [6, 6.07) is 8.00. The third-order valence-corrected chi connectivity index (χ3v) is 3.42. The first kappa shape index (κ1) is 14.1. The van der Waals surface area contributed by atoms with Crippen molar-refractivity contribution < 1.29 is 9.52 Å². The van der Waals surface area contributed by atoms with Crippen LogP contribution < -0.4 is 5.32 Å². The van der Waals surface area contributed by atoms with Crippen molar-refractivity contribution in [3.63, 3.8) is 0 Å². The summed E-state index contributed by atoms with van der Waals surface area (Å²) in [6.45, 7) is 7.77. The highest BCUT2D eigenvalue weighted by atomic mass is 16.4. The van der Waals surface area contributed by atoms with Crippen molar-refractivity contribution in [3.05, 3.63) is 35.6 Å². The summed E-state index contributed by atoms with van der Waals surface area (Å²) in [5.74, 6) is 0.645. The maximum Gasteiger partial charge on any atom is 0.136 e. The minimum absolute atomic E-state index is 0.645. The van der Waals surface area contributed by atoms with Gasteiger partial charge in [0, 0.05) is 5.39 Å². The predicted molar refractivity (Wildman–Crippen MR) is 78.3 cm³/mol. The van der Waals surface area contributed by atoms with Gasteiger partial charge in [-0.05, 0) is 58.0 Å². The number of aliphatic hydroxyl groups is 1. The number of furan rings is 1. The summed E-state index contributed by atoms with van der Waals surface area (Å²) in [4.78, 5) is 0. The summed E-state index contributed by atoms with van der Waals surface area (Å²) in [6.07, 6.45) is 1.75. The average molecular weight is 261 g/mol. The minimum atomic E-state index is -0.923. The average Bonchev–Trinajstić information content (AvgIpc) is 2.78. The summed E-state index contributed by atoms with van der Waals surface area (Å²) in [7, 11) is 0. The molecule has 0 bridgehead atoms. The summed E-state index contributed by atoms with van der Waals surface area (Å²) in [5, 5.41) is 14.9. The first-order valence-electron chi connectivity index (χ1n) is 6.97. The molecule has 0 aliphatic carbocycles. The third-order valence-electron chi connectivity index (χ3n) is 3.42. The monoisotopic (exact) mass is 261 g/mol. The zero-order chi connectivity index (χ0) is 13.9. The number of rotatable bonds is 6. The second-order valence-electron chi connectivity index (χ2n) is 5.43. The lowest BCUT2D eigenvalue weighted by Gasteiger charge is -2.20. The Labute approximate surface area is 114 Å². The van der Waals surface area contributed by atoms with Crippen LogP contribution in [-0.2, 0) is 5.60 Å². The molecule has 0 saturated heterocycles. The van der Waals surface area contributed by atoms with E-state index in [9.17, 15) is 5.11 Å². The van der Waals surface area contributed by atoms with Crippen LogP contribution in [0.5, 0.6) is 0 Å². The number of hydrogen-bond acceptors (Lipinski definition) is 3. The van der Waals surface area contributed by atoms with Gasteiger partial charge in [-0.15, -0.1) is 0 Å². The zero-order valence-corrected chi connectivity index (χ0v) is 12.0. The fourth-order valence-corrected chi connectivity index (χ4v) is 2.18. The van der Waals surface area contributed by atoms with Gasteiger partial charge in [-0.3, -0.25) is 0 Å². The van der Waals surface area contributed by atoms with Gasteiger partial charge in [-0.2, -0.15) is 0 Å². The molecule has 104 valence electrons. The molecule has 1 atom stereocenters. The van der Waals surface area contributed by atoms with Crippen molar-refractivity contribution in [1.82, 2.24) is 5.32 Å². The quantitative estimate of drug-likeness (QED) is 0.784. The molecule has 0 aliphatic rings. The fraction of sp³-hybridized carbons (Fsp3) is 0.500. The van der Waals surface area contributed by atoms with Crippen LogP contribution in [0.4, 0.5) is 0 Å². The van der Waals surface area contributed by atoms with E-state index in [0.717, 1.165) is 30.5 Å². The van der Waals surface area contributed by atoms with Crippen molar-refractivity contribution in [2.75, 3.05) is 13.1 Å². The number of aryl methyl sites for hydroxylation is 1. The van der Waals surface area contributed by atoms with Gasteiger partial charge in [-0.25, -0.2) is 0 Å². The smallest absolute Gasteiger partial charge is 0.136 e. The highest BCUT2D eigenvalue weighted by Crippen LogP contribution is 2.30. The summed E-state index contributed by atoms with van der Waals surface area (Å²) in [5.41, 5.74) is 1.11. The van der Waals surface area contributed by atoms with Gasteiger partial charge in [0.15, 0.2) is 0 Å². The number of nitrogens with one attached hydrogen (secondary N) is 1. The molecule has 0 fully saturated rings. The van der Waals surface area contributed by atoms with Gasteiger partial charge in [0.1, 0.15) is 16.9 Å². The van der Waals surface area contributed by atoms with E-state index in [2.05, 4.69) is 25.2 Å². The molecule has 2 rings (SSSR count). The Hall–Kier alpha value is -1.32. The Morgan fingerprint density at radius 2 is 2.05 bits per heavy atom. The van der Waals surface area contributed by atoms with Crippen LogP contribution in [0.1, 0.15) is 38.0 Å². The van der Waals surface area contributed by atoms with E-state index in [1.54, 1.807) is 0 Å². The highest BCUT2D eigenvalue weighted by molar-refractivity contribution is 5.78. The third kappa shape index (κ3) is 3.37. The Morgan fingerprint density at radius 1 is 1.26 bits per heavy atom. The largest absolute Gasteiger partial charge is 0.458 e.